The van der Waals surface area contributed by atoms with Crippen molar-refractivity contribution >= 4 is 17.5 Å². The minimum Gasteiger partial charge on any atom is -0.435 e. The van der Waals surface area contributed by atoms with Crippen molar-refractivity contribution in [2.75, 3.05) is 11.9 Å². The molecule has 1 heterocycles. The maximum atomic E-state index is 12.6. The van der Waals surface area contributed by atoms with Gasteiger partial charge >= 0.3 is 6.61 Å². The molecule has 0 saturated heterocycles. The minimum atomic E-state index is -2.87. The zero-order chi connectivity index (χ0) is 24.8. The SMILES string of the molecule is O=C(N[C@H]1CCC[C@@H]1O)[C@@H](CO)c1ccc(Nc2ncc(-c3ccc(OC(F)F)cc3)cn2)cc1. The minimum absolute atomic E-state index is 0.0726. The lowest BCUT2D eigenvalue weighted by molar-refractivity contribution is -0.124. The zero-order valence-corrected chi connectivity index (χ0v) is 18.8. The first-order valence-electron chi connectivity index (χ1n) is 11.3. The highest BCUT2D eigenvalue weighted by molar-refractivity contribution is 5.84. The molecule has 1 aliphatic carbocycles. The molecule has 1 aromatic heterocycles. The van der Waals surface area contributed by atoms with Gasteiger partial charge in [0, 0.05) is 23.6 Å². The summed E-state index contributed by atoms with van der Waals surface area (Å²) < 4.78 is 28.9. The second-order valence-electron chi connectivity index (χ2n) is 8.29. The summed E-state index contributed by atoms with van der Waals surface area (Å²) in [7, 11) is 0. The summed E-state index contributed by atoms with van der Waals surface area (Å²) >= 11 is 0. The summed E-state index contributed by atoms with van der Waals surface area (Å²) in [6, 6.07) is 12.9. The van der Waals surface area contributed by atoms with Gasteiger partial charge < -0.3 is 25.6 Å². The van der Waals surface area contributed by atoms with Crippen molar-refractivity contribution in [1.29, 1.82) is 0 Å². The fourth-order valence-corrected chi connectivity index (χ4v) is 4.03. The van der Waals surface area contributed by atoms with Crippen LogP contribution >= 0.6 is 0 Å². The van der Waals surface area contributed by atoms with E-state index in [1.54, 1.807) is 48.8 Å². The Morgan fingerprint density at radius 3 is 2.29 bits per heavy atom. The first kappa shape index (κ1) is 24.5. The third kappa shape index (κ3) is 6.28. The van der Waals surface area contributed by atoms with E-state index in [2.05, 4.69) is 25.3 Å². The Morgan fingerprint density at radius 1 is 1.03 bits per heavy atom. The molecule has 1 fully saturated rings. The first-order valence-corrected chi connectivity index (χ1v) is 11.3. The van der Waals surface area contributed by atoms with Crippen LogP contribution in [0, 0.1) is 0 Å². The quantitative estimate of drug-likeness (QED) is 0.367. The third-order valence-electron chi connectivity index (χ3n) is 5.94. The molecule has 0 spiro atoms. The van der Waals surface area contributed by atoms with Gasteiger partial charge in [0.1, 0.15) is 5.75 Å². The van der Waals surface area contributed by atoms with Gasteiger partial charge in [-0.2, -0.15) is 8.78 Å². The Bertz CT molecular complexity index is 1110. The van der Waals surface area contributed by atoms with Crippen LogP contribution < -0.4 is 15.4 Å². The van der Waals surface area contributed by atoms with E-state index in [-0.39, 0.29) is 24.3 Å². The Kier molecular flexibility index (Phi) is 7.84. The first-order chi connectivity index (χ1) is 16.9. The van der Waals surface area contributed by atoms with Gasteiger partial charge in [0.25, 0.3) is 0 Å². The number of rotatable bonds is 9. The lowest BCUT2D eigenvalue weighted by Crippen LogP contribution is -2.43. The lowest BCUT2D eigenvalue weighted by atomic mass is 9.98. The van der Waals surface area contributed by atoms with Crippen LogP contribution in [0.3, 0.4) is 0 Å². The molecular weight excluding hydrogens is 458 g/mol. The van der Waals surface area contributed by atoms with Crippen molar-refractivity contribution in [2.24, 2.45) is 0 Å². The van der Waals surface area contributed by atoms with Crippen molar-refractivity contribution in [3.05, 3.63) is 66.5 Å². The number of hydrogen-bond donors (Lipinski definition) is 4. The van der Waals surface area contributed by atoms with Gasteiger partial charge in [0.05, 0.1) is 24.7 Å². The number of amides is 1. The molecule has 0 unspecified atom stereocenters. The molecule has 2 aromatic carbocycles. The Labute approximate surface area is 201 Å². The summed E-state index contributed by atoms with van der Waals surface area (Å²) in [5.74, 6) is -0.619. The highest BCUT2D eigenvalue weighted by atomic mass is 19.3. The molecule has 35 heavy (non-hydrogen) atoms. The van der Waals surface area contributed by atoms with Crippen molar-refractivity contribution < 1.29 is 28.5 Å². The van der Waals surface area contributed by atoms with Gasteiger partial charge in [-0.3, -0.25) is 4.79 Å². The molecule has 3 atom stereocenters. The van der Waals surface area contributed by atoms with Gasteiger partial charge in [-0.15, -0.1) is 0 Å². The van der Waals surface area contributed by atoms with E-state index in [0.717, 1.165) is 18.4 Å². The van der Waals surface area contributed by atoms with E-state index in [4.69, 9.17) is 0 Å². The molecule has 0 radical (unpaired) electrons. The van der Waals surface area contributed by atoms with Gasteiger partial charge in [0.15, 0.2) is 0 Å². The Morgan fingerprint density at radius 2 is 1.71 bits per heavy atom. The van der Waals surface area contributed by atoms with Crippen molar-refractivity contribution in [2.45, 2.75) is 43.9 Å². The predicted molar refractivity (Wildman–Crippen MR) is 125 cm³/mol. The Balaban J connectivity index is 1.36. The Hall–Kier alpha value is -3.63. The number of halogens is 2. The predicted octanol–water partition coefficient (Wildman–Crippen LogP) is 3.59. The molecule has 4 rings (SSSR count). The maximum absolute atomic E-state index is 12.6. The number of anilines is 2. The third-order valence-corrected chi connectivity index (χ3v) is 5.94. The lowest BCUT2D eigenvalue weighted by Gasteiger charge is -2.21. The average Bonchev–Trinajstić information content (AvgIpc) is 3.25. The van der Waals surface area contributed by atoms with Crippen molar-refractivity contribution in [3.63, 3.8) is 0 Å². The summed E-state index contributed by atoms with van der Waals surface area (Å²) in [4.78, 5) is 21.2. The van der Waals surface area contributed by atoms with Gasteiger partial charge in [0.2, 0.25) is 11.9 Å². The number of nitrogens with one attached hydrogen (secondary N) is 2. The number of carbonyl (C=O) groups is 1. The van der Waals surface area contributed by atoms with Crippen LogP contribution in [0.1, 0.15) is 30.7 Å². The largest absolute Gasteiger partial charge is 0.435 e. The molecule has 1 aliphatic rings. The second-order valence-corrected chi connectivity index (χ2v) is 8.29. The van der Waals surface area contributed by atoms with Gasteiger partial charge in [-0.05, 0) is 54.7 Å². The standard InChI is InChI=1S/C25H26F2N4O4/c26-24(27)35-19-10-6-15(7-11-19)17-12-28-25(29-13-17)30-18-8-4-16(5-9-18)20(14-32)23(34)31-21-2-1-3-22(21)33/h4-13,20-22,24,32-33H,1-3,14H2,(H,31,34)(H,28,29,30)/t20-,21-,22-/m0/s1. The van der Waals surface area contributed by atoms with Crippen LogP contribution in [0.25, 0.3) is 11.1 Å². The molecule has 0 bridgehead atoms. The summed E-state index contributed by atoms with van der Waals surface area (Å²) in [6.07, 6.45) is 4.93. The average molecular weight is 485 g/mol. The number of alkyl halides is 2. The maximum Gasteiger partial charge on any atom is 0.387 e. The normalized spacial score (nSPS) is 18.3. The molecule has 8 nitrogen and oxygen atoms in total. The smallest absolute Gasteiger partial charge is 0.387 e. The molecule has 10 heteroatoms. The number of ether oxygens (including phenoxy) is 1. The summed E-state index contributed by atoms with van der Waals surface area (Å²) in [5.41, 5.74) is 2.80. The highest BCUT2D eigenvalue weighted by Gasteiger charge is 2.29. The molecule has 1 saturated carbocycles. The molecule has 1 amide bonds. The number of carbonyl (C=O) groups excluding carboxylic acids is 1. The van der Waals surface area contributed by atoms with E-state index in [1.165, 1.54) is 12.1 Å². The number of aliphatic hydroxyl groups is 2. The number of aromatic nitrogens is 2. The number of aliphatic hydroxyl groups excluding tert-OH is 2. The van der Waals surface area contributed by atoms with Gasteiger partial charge in [-0.25, -0.2) is 9.97 Å². The fourth-order valence-electron chi connectivity index (χ4n) is 4.03. The summed E-state index contributed by atoms with van der Waals surface area (Å²) in [5, 5.41) is 25.6. The fraction of sp³-hybridized carbons (Fsp3) is 0.320. The zero-order valence-electron chi connectivity index (χ0n) is 18.8. The van der Waals surface area contributed by atoms with Crippen LogP contribution in [0.5, 0.6) is 5.75 Å². The molecule has 0 aliphatic heterocycles. The monoisotopic (exact) mass is 484 g/mol. The van der Waals surface area contributed by atoms with Crippen molar-refractivity contribution in [3.8, 4) is 16.9 Å². The molecule has 184 valence electrons. The topological polar surface area (TPSA) is 117 Å². The van der Waals surface area contributed by atoms with Gasteiger partial charge in [-0.1, -0.05) is 24.3 Å². The summed E-state index contributed by atoms with van der Waals surface area (Å²) in [6.45, 7) is -3.22. The van der Waals surface area contributed by atoms with E-state index < -0.39 is 18.6 Å². The number of hydrogen-bond acceptors (Lipinski definition) is 7. The number of benzene rings is 2. The van der Waals surface area contributed by atoms with Crippen molar-refractivity contribution in [1.82, 2.24) is 15.3 Å². The molecular formula is C25H26F2N4O4. The van der Waals surface area contributed by atoms with E-state index in [1.807, 2.05) is 0 Å². The van der Waals surface area contributed by atoms with Crippen LogP contribution in [0.2, 0.25) is 0 Å². The van der Waals surface area contributed by atoms with Crippen LogP contribution in [0.4, 0.5) is 20.4 Å². The van der Waals surface area contributed by atoms with E-state index in [9.17, 15) is 23.8 Å². The van der Waals surface area contributed by atoms with E-state index >= 15 is 0 Å². The van der Waals surface area contributed by atoms with Crippen LogP contribution in [0.15, 0.2) is 60.9 Å². The van der Waals surface area contributed by atoms with Crippen LogP contribution in [-0.4, -0.2) is 51.5 Å². The second kappa shape index (κ2) is 11.2. The van der Waals surface area contributed by atoms with E-state index in [0.29, 0.717) is 29.2 Å². The number of nitrogens with zero attached hydrogens (tertiary/aromatic N) is 2. The highest BCUT2D eigenvalue weighted by Crippen LogP contribution is 2.25. The molecule has 4 N–H and O–H groups in total. The molecule has 3 aromatic rings. The van der Waals surface area contributed by atoms with Crippen LogP contribution in [-0.2, 0) is 4.79 Å².